The molecule has 2 rings (SSSR count). The van der Waals surface area contributed by atoms with Crippen molar-refractivity contribution in [3.8, 4) is 0 Å². The highest BCUT2D eigenvalue weighted by atomic mass is 35.5. The van der Waals surface area contributed by atoms with Gasteiger partial charge in [-0.3, -0.25) is 9.59 Å². The van der Waals surface area contributed by atoms with Crippen LogP contribution in [-0.2, 0) is 9.59 Å². The molecule has 0 aromatic heterocycles. The molecule has 0 saturated carbocycles. The first-order valence-electron chi connectivity index (χ1n) is 7.46. The normalized spacial score (nSPS) is 16.4. The molecule has 0 radical (unpaired) electrons. The van der Waals surface area contributed by atoms with Crippen LogP contribution in [0.4, 0.5) is 0 Å². The summed E-state index contributed by atoms with van der Waals surface area (Å²) >= 11 is 6.16. The number of amides is 2. The van der Waals surface area contributed by atoms with Crippen molar-refractivity contribution in [2.45, 2.75) is 20.3 Å². The van der Waals surface area contributed by atoms with E-state index < -0.39 is 0 Å². The average molecular weight is 321 g/mol. The van der Waals surface area contributed by atoms with E-state index in [0.717, 1.165) is 17.6 Å². The molecular formula is C17H21ClN2O2. The molecule has 5 heteroatoms. The molecule has 0 N–H and O–H groups in total. The summed E-state index contributed by atoms with van der Waals surface area (Å²) in [5.74, 6) is 0.0416. The van der Waals surface area contributed by atoms with E-state index in [2.05, 4.69) is 0 Å². The highest BCUT2D eigenvalue weighted by molar-refractivity contribution is 6.32. The molecule has 4 nitrogen and oxygen atoms in total. The zero-order valence-electron chi connectivity index (χ0n) is 13.0. The van der Waals surface area contributed by atoms with Gasteiger partial charge in [-0.1, -0.05) is 29.8 Å². The fourth-order valence-electron chi connectivity index (χ4n) is 2.59. The summed E-state index contributed by atoms with van der Waals surface area (Å²) in [6.07, 6.45) is 2.44. The molecule has 1 heterocycles. The molecule has 1 aromatic carbocycles. The fourth-order valence-corrected chi connectivity index (χ4v) is 2.87. The van der Waals surface area contributed by atoms with Crippen LogP contribution >= 0.6 is 11.6 Å². The van der Waals surface area contributed by atoms with Crippen molar-refractivity contribution in [1.29, 1.82) is 0 Å². The van der Waals surface area contributed by atoms with Gasteiger partial charge in [0, 0.05) is 44.2 Å². The zero-order valence-corrected chi connectivity index (χ0v) is 13.8. The number of rotatable bonds is 2. The zero-order chi connectivity index (χ0) is 16.1. The molecule has 1 saturated heterocycles. The average Bonchev–Trinajstić information content (AvgIpc) is 2.73. The minimum Gasteiger partial charge on any atom is -0.341 e. The first-order valence-corrected chi connectivity index (χ1v) is 7.84. The summed E-state index contributed by atoms with van der Waals surface area (Å²) in [4.78, 5) is 27.4. The third-order valence-electron chi connectivity index (χ3n) is 3.89. The van der Waals surface area contributed by atoms with Crippen LogP contribution in [0.2, 0.25) is 5.02 Å². The van der Waals surface area contributed by atoms with Gasteiger partial charge in [0.1, 0.15) is 0 Å². The maximum atomic E-state index is 12.4. The second-order valence-corrected chi connectivity index (χ2v) is 5.90. The predicted octanol–water partition coefficient (Wildman–Crippen LogP) is 2.82. The molecule has 118 valence electrons. The summed E-state index contributed by atoms with van der Waals surface area (Å²) in [6, 6.07) is 7.49. The van der Waals surface area contributed by atoms with Crippen LogP contribution in [0.15, 0.2) is 30.3 Å². The Morgan fingerprint density at radius 2 is 1.68 bits per heavy atom. The monoisotopic (exact) mass is 320 g/mol. The maximum Gasteiger partial charge on any atom is 0.246 e. The summed E-state index contributed by atoms with van der Waals surface area (Å²) in [5.41, 5.74) is 1.72. The SMILES string of the molecule is CC(=O)N1CCCN(C(=O)/C=C(/C)c2ccccc2Cl)CC1. The molecule has 1 aliphatic rings. The maximum absolute atomic E-state index is 12.4. The van der Waals surface area contributed by atoms with Gasteiger partial charge in [0.15, 0.2) is 0 Å². The Bertz CT molecular complexity index is 598. The van der Waals surface area contributed by atoms with Crippen LogP contribution in [0.3, 0.4) is 0 Å². The van der Waals surface area contributed by atoms with E-state index >= 15 is 0 Å². The number of halogens is 1. The minimum absolute atomic E-state index is 0.0252. The number of benzene rings is 1. The van der Waals surface area contributed by atoms with Crippen molar-refractivity contribution in [1.82, 2.24) is 9.80 Å². The topological polar surface area (TPSA) is 40.6 Å². The first-order chi connectivity index (χ1) is 10.5. The highest BCUT2D eigenvalue weighted by Crippen LogP contribution is 2.23. The van der Waals surface area contributed by atoms with Gasteiger partial charge in [-0.05, 0) is 30.5 Å². The lowest BCUT2D eigenvalue weighted by atomic mass is 10.1. The second-order valence-electron chi connectivity index (χ2n) is 5.49. The Morgan fingerprint density at radius 3 is 2.36 bits per heavy atom. The van der Waals surface area contributed by atoms with E-state index in [-0.39, 0.29) is 11.8 Å². The van der Waals surface area contributed by atoms with Crippen molar-refractivity contribution >= 4 is 29.0 Å². The quantitative estimate of drug-likeness (QED) is 0.786. The molecule has 0 spiro atoms. The van der Waals surface area contributed by atoms with E-state index in [4.69, 9.17) is 11.6 Å². The lowest BCUT2D eigenvalue weighted by Crippen LogP contribution is -2.35. The summed E-state index contributed by atoms with van der Waals surface area (Å²) in [7, 11) is 0. The van der Waals surface area contributed by atoms with Crippen LogP contribution in [0, 0.1) is 0 Å². The lowest BCUT2D eigenvalue weighted by Gasteiger charge is -2.20. The van der Waals surface area contributed by atoms with Crippen molar-refractivity contribution in [2.75, 3.05) is 26.2 Å². The second kappa shape index (κ2) is 7.45. The number of hydrogen-bond donors (Lipinski definition) is 0. The Kier molecular flexibility index (Phi) is 5.61. The Balaban J connectivity index is 2.07. The standard InChI is InChI=1S/C17H21ClN2O2/c1-13(15-6-3-4-7-16(15)18)12-17(22)20-9-5-8-19(10-11-20)14(2)21/h3-4,6-7,12H,5,8-11H2,1-2H3/b13-12-. The van der Waals surface area contributed by atoms with E-state index in [0.29, 0.717) is 31.2 Å². The molecule has 0 aliphatic carbocycles. The van der Waals surface area contributed by atoms with E-state index in [9.17, 15) is 9.59 Å². The summed E-state index contributed by atoms with van der Waals surface area (Å²) in [6.45, 7) is 6.02. The van der Waals surface area contributed by atoms with Crippen LogP contribution in [0.5, 0.6) is 0 Å². The molecule has 1 aliphatic heterocycles. The van der Waals surface area contributed by atoms with E-state index in [1.165, 1.54) is 0 Å². The van der Waals surface area contributed by atoms with Gasteiger partial charge in [-0.25, -0.2) is 0 Å². The van der Waals surface area contributed by atoms with Gasteiger partial charge in [-0.2, -0.15) is 0 Å². The molecule has 1 aromatic rings. The molecule has 22 heavy (non-hydrogen) atoms. The van der Waals surface area contributed by atoms with Gasteiger partial charge in [0.25, 0.3) is 0 Å². The van der Waals surface area contributed by atoms with E-state index in [1.807, 2.05) is 31.2 Å². The molecule has 0 atom stereocenters. The fraction of sp³-hybridized carbons (Fsp3) is 0.412. The van der Waals surface area contributed by atoms with Crippen LogP contribution in [0.25, 0.3) is 5.57 Å². The number of hydrogen-bond acceptors (Lipinski definition) is 2. The van der Waals surface area contributed by atoms with E-state index in [1.54, 1.807) is 22.8 Å². The van der Waals surface area contributed by atoms with Gasteiger partial charge in [0.2, 0.25) is 11.8 Å². The van der Waals surface area contributed by atoms with Gasteiger partial charge < -0.3 is 9.80 Å². The number of carbonyl (C=O) groups is 2. The molecule has 0 bridgehead atoms. The largest absolute Gasteiger partial charge is 0.341 e. The number of nitrogens with zero attached hydrogens (tertiary/aromatic N) is 2. The van der Waals surface area contributed by atoms with Gasteiger partial charge >= 0.3 is 0 Å². The predicted molar refractivity (Wildman–Crippen MR) is 88.6 cm³/mol. The van der Waals surface area contributed by atoms with Crippen molar-refractivity contribution in [2.24, 2.45) is 0 Å². The Hall–Kier alpha value is -1.81. The summed E-state index contributed by atoms with van der Waals surface area (Å²) < 4.78 is 0. The molecule has 2 amide bonds. The molecule has 0 unspecified atom stereocenters. The van der Waals surface area contributed by atoms with Crippen LogP contribution in [0.1, 0.15) is 25.8 Å². The molecular weight excluding hydrogens is 300 g/mol. The third kappa shape index (κ3) is 4.10. The smallest absolute Gasteiger partial charge is 0.246 e. The summed E-state index contributed by atoms with van der Waals surface area (Å²) in [5, 5.41) is 0.641. The number of allylic oxidation sites excluding steroid dienone is 1. The number of carbonyl (C=O) groups excluding carboxylic acids is 2. The van der Waals surface area contributed by atoms with Gasteiger partial charge in [-0.15, -0.1) is 0 Å². The minimum atomic E-state index is -0.0252. The van der Waals surface area contributed by atoms with Crippen LogP contribution in [-0.4, -0.2) is 47.8 Å². The lowest BCUT2D eigenvalue weighted by molar-refractivity contribution is -0.130. The van der Waals surface area contributed by atoms with Crippen LogP contribution < -0.4 is 0 Å². The highest BCUT2D eigenvalue weighted by Gasteiger charge is 2.19. The van der Waals surface area contributed by atoms with Crippen molar-refractivity contribution < 1.29 is 9.59 Å². The Labute approximate surface area is 136 Å². The first kappa shape index (κ1) is 16.6. The van der Waals surface area contributed by atoms with Gasteiger partial charge in [0.05, 0.1) is 0 Å². The third-order valence-corrected chi connectivity index (χ3v) is 4.22. The Morgan fingerprint density at radius 1 is 1.05 bits per heavy atom. The molecule has 1 fully saturated rings. The van der Waals surface area contributed by atoms with Crippen molar-refractivity contribution in [3.05, 3.63) is 40.9 Å². The van der Waals surface area contributed by atoms with Crippen molar-refractivity contribution in [3.63, 3.8) is 0 Å².